The van der Waals surface area contributed by atoms with Crippen LogP contribution in [0.4, 0.5) is 5.69 Å². The van der Waals surface area contributed by atoms with Crippen LogP contribution in [0, 0.1) is 0 Å². The van der Waals surface area contributed by atoms with Gasteiger partial charge in [-0.25, -0.2) is 0 Å². The predicted molar refractivity (Wildman–Crippen MR) is 128 cm³/mol. The standard InChI is InChI=1S/C25H34N4O2/c1-4-28(5-2)17-16-26-24(30)12-9-13-25(31)27-19-14-15-23-21(18-19)20-10-7-8-11-22(20)29(23)6-3/h7-8,10-11,14-15,18H,4-6,9,12-13,16-17H2,1-3H3,(H,26,30)(H,27,31)/p+1. The number of carbonyl (C=O) groups is 2. The van der Waals surface area contributed by atoms with Crippen LogP contribution in [0.5, 0.6) is 0 Å². The Bertz CT molecular complexity index is 1040. The molecular formula is C25H35N4O2+. The Balaban J connectivity index is 1.52. The number of nitrogens with zero attached hydrogens (tertiary/aromatic N) is 1. The van der Waals surface area contributed by atoms with Gasteiger partial charge in [-0.15, -0.1) is 0 Å². The fourth-order valence-corrected chi connectivity index (χ4v) is 4.18. The predicted octanol–water partition coefficient (Wildman–Crippen LogP) is 2.96. The number of hydrogen-bond acceptors (Lipinski definition) is 2. The summed E-state index contributed by atoms with van der Waals surface area (Å²) in [6.07, 6.45) is 1.26. The van der Waals surface area contributed by atoms with Gasteiger partial charge in [0.1, 0.15) is 0 Å². The van der Waals surface area contributed by atoms with Crippen molar-refractivity contribution in [1.29, 1.82) is 0 Å². The highest BCUT2D eigenvalue weighted by molar-refractivity contribution is 6.09. The molecule has 2 amide bonds. The number of anilines is 1. The molecular weight excluding hydrogens is 388 g/mol. The molecule has 1 aromatic heterocycles. The van der Waals surface area contributed by atoms with Gasteiger partial charge in [-0.2, -0.15) is 0 Å². The number of fused-ring (bicyclic) bond motifs is 3. The number of carbonyl (C=O) groups excluding carboxylic acids is 2. The summed E-state index contributed by atoms with van der Waals surface area (Å²) in [5.41, 5.74) is 3.17. The maximum atomic E-state index is 12.4. The first kappa shape index (κ1) is 22.8. The number of likely N-dealkylation sites (N-methyl/N-ethyl adjacent to an activating group) is 1. The minimum Gasteiger partial charge on any atom is -0.350 e. The number of amides is 2. The first-order valence-corrected chi connectivity index (χ1v) is 11.5. The molecule has 3 rings (SSSR count). The van der Waals surface area contributed by atoms with Crippen LogP contribution in [-0.4, -0.2) is 42.6 Å². The van der Waals surface area contributed by atoms with Gasteiger partial charge in [0.15, 0.2) is 0 Å². The summed E-state index contributed by atoms with van der Waals surface area (Å²) in [6, 6.07) is 14.4. The zero-order valence-corrected chi connectivity index (χ0v) is 19.0. The molecule has 6 nitrogen and oxygen atoms in total. The Morgan fingerprint density at radius 2 is 1.61 bits per heavy atom. The zero-order valence-electron chi connectivity index (χ0n) is 19.0. The summed E-state index contributed by atoms with van der Waals surface area (Å²) in [5, 5.41) is 8.28. The summed E-state index contributed by atoms with van der Waals surface area (Å²) in [6.45, 7) is 11.1. The van der Waals surface area contributed by atoms with E-state index >= 15 is 0 Å². The molecule has 31 heavy (non-hydrogen) atoms. The molecule has 0 spiro atoms. The minimum absolute atomic E-state index is 0.0214. The van der Waals surface area contributed by atoms with E-state index in [1.165, 1.54) is 21.3 Å². The summed E-state index contributed by atoms with van der Waals surface area (Å²) in [7, 11) is 0. The number of rotatable bonds is 11. The number of benzene rings is 2. The SMILES string of the molecule is CCn1c2ccccc2c2cc(NC(=O)CCCC(=O)NCC[NH+](CC)CC)ccc21. The lowest BCUT2D eigenvalue weighted by molar-refractivity contribution is -0.895. The number of aryl methyl sites for hydroxylation is 1. The van der Waals surface area contributed by atoms with Crippen LogP contribution in [-0.2, 0) is 16.1 Å². The Labute approximate surface area is 184 Å². The van der Waals surface area contributed by atoms with Crippen molar-refractivity contribution in [2.24, 2.45) is 0 Å². The van der Waals surface area contributed by atoms with Crippen LogP contribution >= 0.6 is 0 Å². The highest BCUT2D eigenvalue weighted by Crippen LogP contribution is 2.31. The minimum atomic E-state index is -0.0565. The van der Waals surface area contributed by atoms with Crippen molar-refractivity contribution in [2.45, 2.75) is 46.6 Å². The smallest absolute Gasteiger partial charge is 0.224 e. The fraction of sp³-hybridized carbons (Fsp3) is 0.440. The van der Waals surface area contributed by atoms with Crippen molar-refractivity contribution >= 4 is 39.3 Å². The lowest BCUT2D eigenvalue weighted by Gasteiger charge is -2.15. The second-order valence-corrected chi connectivity index (χ2v) is 7.95. The second kappa shape index (κ2) is 11.0. The normalized spacial score (nSPS) is 11.4. The number of hydrogen-bond donors (Lipinski definition) is 3. The average Bonchev–Trinajstić information content (AvgIpc) is 3.09. The average molecular weight is 424 g/mol. The summed E-state index contributed by atoms with van der Waals surface area (Å²) in [4.78, 5) is 25.8. The van der Waals surface area contributed by atoms with Crippen LogP contribution < -0.4 is 15.5 Å². The molecule has 0 aliphatic carbocycles. The molecule has 0 aliphatic heterocycles. The van der Waals surface area contributed by atoms with Crippen molar-refractivity contribution in [1.82, 2.24) is 9.88 Å². The van der Waals surface area contributed by atoms with E-state index in [2.05, 4.69) is 60.2 Å². The zero-order chi connectivity index (χ0) is 22.2. The molecule has 2 aromatic carbocycles. The monoisotopic (exact) mass is 423 g/mol. The quantitative estimate of drug-likeness (QED) is 0.444. The number of aromatic nitrogens is 1. The first-order chi connectivity index (χ1) is 15.1. The third-order valence-corrected chi connectivity index (χ3v) is 5.98. The van der Waals surface area contributed by atoms with Crippen LogP contribution in [0.2, 0.25) is 0 Å². The van der Waals surface area contributed by atoms with E-state index in [4.69, 9.17) is 0 Å². The van der Waals surface area contributed by atoms with Crippen LogP contribution in [0.1, 0.15) is 40.0 Å². The lowest BCUT2D eigenvalue weighted by atomic mass is 10.1. The molecule has 0 aliphatic rings. The third-order valence-electron chi connectivity index (χ3n) is 5.98. The van der Waals surface area contributed by atoms with E-state index in [1.54, 1.807) is 0 Å². The van der Waals surface area contributed by atoms with Gasteiger partial charge in [-0.1, -0.05) is 18.2 Å². The molecule has 3 aromatic rings. The third kappa shape index (κ3) is 5.64. The topological polar surface area (TPSA) is 67.6 Å². The summed E-state index contributed by atoms with van der Waals surface area (Å²) < 4.78 is 2.29. The highest BCUT2D eigenvalue weighted by Gasteiger charge is 2.11. The highest BCUT2D eigenvalue weighted by atomic mass is 16.2. The Hall–Kier alpha value is -2.86. The molecule has 0 bridgehead atoms. The van der Waals surface area contributed by atoms with Gasteiger partial charge < -0.3 is 20.1 Å². The van der Waals surface area contributed by atoms with Crippen LogP contribution in [0.25, 0.3) is 21.8 Å². The molecule has 0 unspecified atom stereocenters. The van der Waals surface area contributed by atoms with E-state index in [9.17, 15) is 9.59 Å². The van der Waals surface area contributed by atoms with Crippen molar-refractivity contribution < 1.29 is 14.5 Å². The Morgan fingerprint density at radius 3 is 2.35 bits per heavy atom. The molecule has 0 atom stereocenters. The molecule has 0 fully saturated rings. The maximum absolute atomic E-state index is 12.4. The first-order valence-electron chi connectivity index (χ1n) is 11.5. The van der Waals surface area contributed by atoms with Crippen molar-refractivity contribution in [3.05, 3.63) is 42.5 Å². The molecule has 6 heteroatoms. The molecule has 3 N–H and O–H groups in total. The molecule has 1 heterocycles. The second-order valence-electron chi connectivity index (χ2n) is 7.95. The van der Waals surface area contributed by atoms with E-state index in [0.717, 1.165) is 37.3 Å². The largest absolute Gasteiger partial charge is 0.350 e. The van der Waals surface area contributed by atoms with Crippen molar-refractivity contribution in [3.8, 4) is 0 Å². The van der Waals surface area contributed by atoms with E-state index < -0.39 is 0 Å². The van der Waals surface area contributed by atoms with Gasteiger partial charge in [-0.3, -0.25) is 9.59 Å². The summed E-state index contributed by atoms with van der Waals surface area (Å²) in [5.74, 6) is -0.0351. The van der Waals surface area contributed by atoms with Crippen molar-refractivity contribution in [2.75, 3.05) is 31.5 Å². The Kier molecular flexibility index (Phi) is 8.06. The number of para-hydroxylation sites is 1. The van der Waals surface area contributed by atoms with Gasteiger partial charge in [0.25, 0.3) is 0 Å². The van der Waals surface area contributed by atoms with E-state index in [1.807, 2.05) is 18.2 Å². The fourth-order valence-electron chi connectivity index (χ4n) is 4.18. The van der Waals surface area contributed by atoms with Gasteiger partial charge in [0, 0.05) is 46.9 Å². The maximum Gasteiger partial charge on any atom is 0.224 e. The summed E-state index contributed by atoms with van der Waals surface area (Å²) >= 11 is 0. The molecule has 0 saturated carbocycles. The molecule has 166 valence electrons. The van der Waals surface area contributed by atoms with E-state index in [0.29, 0.717) is 25.8 Å². The number of quaternary nitrogens is 1. The number of nitrogens with one attached hydrogen (secondary N) is 3. The molecule has 0 saturated heterocycles. The molecule has 0 radical (unpaired) electrons. The van der Waals surface area contributed by atoms with Crippen LogP contribution in [0.15, 0.2) is 42.5 Å². The van der Waals surface area contributed by atoms with Crippen LogP contribution in [0.3, 0.4) is 0 Å². The lowest BCUT2D eigenvalue weighted by Crippen LogP contribution is -3.12. The van der Waals surface area contributed by atoms with Gasteiger partial charge >= 0.3 is 0 Å². The van der Waals surface area contributed by atoms with Gasteiger partial charge in [-0.05, 0) is 51.5 Å². The van der Waals surface area contributed by atoms with Gasteiger partial charge in [0.2, 0.25) is 11.8 Å². The van der Waals surface area contributed by atoms with Crippen molar-refractivity contribution in [3.63, 3.8) is 0 Å². The van der Waals surface area contributed by atoms with E-state index in [-0.39, 0.29) is 11.8 Å². The van der Waals surface area contributed by atoms with Gasteiger partial charge in [0.05, 0.1) is 26.2 Å². The Morgan fingerprint density at radius 1 is 0.903 bits per heavy atom.